The predicted molar refractivity (Wildman–Crippen MR) is 71.7 cm³/mol. The van der Waals surface area contributed by atoms with Crippen molar-refractivity contribution in [2.24, 2.45) is 5.84 Å². The van der Waals surface area contributed by atoms with E-state index in [1.807, 2.05) is 0 Å². The highest BCUT2D eigenvalue weighted by Gasteiger charge is 2.09. The van der Waals surface area contributed by atoms with Gasteiger partial charge in [-0.3, -0.25) is 0 Å². The summed E-state index contributed by atoms with van der Waals surface area (Å²) in [5.41, 5.74) is 3.51. The molecule has 0 atom stereocenters. The Morgan fingerprint density at radius 2 is 1.83 bits per heavy atom. The van der Waals surface area contributed by atoms with Crippen molar-refractivity contribution in [2.75, 3.05) is 10.7 Å². The summed E-state index contributed by atoms with van der Waals surface area (Å²) in [6.07, 6.45) is 1.56. The second kappa shape index (κ2) is 5.39. The molecule has 0 bridgehead atoms. The van der Waals surface area contributed by atoms with Crippen LogP contribution in [0.5, 0.6) is 0 Å². The molecule has 18 heavy (non-hydrogen) atoms. The van der Waals surface area contributed by atoms with E-state index in [2.05, 4.69) is 15.7 Å². The van der Waals surface area contributed by atoms with Crippen LogP contribution in [0.3, 0.4) is 0 Å². The van der Waals surface area contributed by atoms with E-state index in [0.717, 1.165) is 0 Å². The van der Waals surface area contributed by atoms with Gasteiger partial charge in [0.2, 0.25) is 0 Å². The number of nitrogen functional groups attached to an aromatic ring is 1. The van der Waals surface area contributed by atoms with E-state index in [1.54, 1.807) is 18.3 Å². The van der Waals surface area contributed by atoms with Crippen LogP contribution in [0.2, 0.25) is 10.0 Å². The van der Waals surface area contributed by atoms with Crippen molar-refractivity contribution in [2.45, 2.75) is 0 Å². The largest absolute Gasteiger partial charge is 0.353 e. The number of nitrogens with zero attached hydrogens (tertiary/aromatic N) is 1. The van der Waals surface area contributed by atoms with Gasteiger partial charge in [-0.15, -0.1) is 0 Å². The quantitative estimate of drug-likeness (QED) is 0.596. The summed E-state index contributed by atoms with van der Waals surface area (Å²) in [4.78, 5) is 3.96. The van der Waals surface area contributed by atoms with Crippen molar-refractivity contribution in [3.05, 3.63) is 46.3 Å². The van der Waals surface area contributed by atoms with Crippen LogP contribution in [-0.2, 0) is 0 Å². The Labute approximate surface area is 113 Å². The fourth-order valence-corrected chi connectivity index (χ4v) is 1.95. The third kappa shape index (κ3) is 2.81. The van der Waals surface area contributed by atoms with E-state index < -0.39 is 5.82 Å². The van der Waals surface area contributed by atoms with Gasteiger partial charge in [-0.05, 0) is 18.2 Å². The second-order valence-corrected chi connectivity index (χ2v) is 4.26. The Morgan fingerprint density at radius 1 is 1.17 bits per heavy atom. The number of nitrogens with one attached hydrogen (secondary N) is 2. The molecule has 2 aromatic rings. The molecule has 0 aliphatic heterocycles. The first-order valence-corrected chi connectivity index (χ1v) is 5.70. The Balaban J connectivity index is 2.33. The van der Waals surface area contributed by atoms with Crippen LogP contribution in [0.25, 0.3) is 0 Å². The number of rotatable bonds is 3. The van der Waals surface area contributed by atoms with E-state index in [9.17, 15) is 4.39 Å². The lowest BCUT2D eigenvalue weighted by Gasteiger charge is -2.11. The molecule has 0 aliphatic rings. The molecule has 0 saturated heterocycles. The maximum atomic E-state index is 13.0. The molecular formula is C11H9Cl2FN4. The molecular weight excluding hydrogens is 278 g/mol. The van der Waals surface area contributed by atoms with Gasteiger partial charge in [-0.25, -0.2) is 15.2 Å². The minimum Gasteiger partial charge on any atom is -0.353 e. The standard InChI is InChI=1S/C11H9Cl2FN4/c12-8-3-6(14)4-9(13)11(8)17-7-1-2-16-10(5-7)18-15/h1-5H,15H2,(H2,16,17,18). The third-order valence-corrected chi connectivity index (χ3v) is 2.78. The molecule has 0 unspecified atom stereocenters. The lowest BCUT2D eigenvalue weighted by atomic mass is 10.3. The van der Waals surface area contributed by atoms with Crippen LogP contribution >= 0.6 is 23.2 Å². The molecule has 0 aliphatic carbocycles. The minimum atomic E-state index is -0.491. The first-order valence-electron chi connectivity index (χ1n) is 4.94. The molecule has 0 saturated carbocycles. The number of aromatic nitrogens is 1. The monoisotopic (exact) mass is 286 g/mol. The Bertz CT molecular complexity index is 554. The van der Waals surface area contributed by atoms with E-state index in [1.165, 1.54) is 12.1 Å². The molecule has 1 heterocycles. The van der Waals surface area contributed by atoms with Gasteiger partial charge in [-0.2, -0.15) is 0 Å². The molecule has 0 fully saturated rings. The maximum Gasteiger partial charge on any atom is 0.141 e. The molecule has 0 radical (unpaired) electrons. The van der Waals surface area contributed by atoms with Gasteiger partial charge >= 0.3 is 0 Å². The van der Waals surface area contributed by atoms with Gasteiger partial charge < -0.3 is 10.7 Å². The SMILES string of the molecule is NNc1cc(Nc2c(Cl)cc(F)cc2Cl)ccn1. The summed E-state index contributed by atoms with van der Waals surface area (Å²) in [7, 11) is 0. The molecule has 7 heteroatoms. The van der Waals surface area contributed by atoms with Gasteiger partial charge in [0.05, 0.1) is 15.7 Å². The molecule has 1 aromatic carbocycles. The summed E-state index contributed by atoms with van der Waals surface area (Å²) < 4.78 is 13.0. The topological polar surface area (TPSA) is 63.0 Å². The fourth-order valence-electron chi connectivity index (χ4n) is 1.39. The van der Waals surface area contributed by atoms with Crippen molar-refractivity contribution in [1.29, 1.82) is 0 Å². The molecule has 0 spiro atoms. The van der Waals surface area contributed by atoms with Crippen molar-refractivity contribution in [3.8, 4) is 0 Å². The van der Waals surface area contributed by atoms with E-state index in [-0.39, 0.29) is 10.0 Å². The molecule has 2 rings (SSSR count). The summed E-state index contributed by atoms with van der Waals surface area (Å²) in [6.45, 7) is 0. The van der Waals surface area contributed by atoms with Crippen LogP contribution in [0, 0.1) is 5.82 Å². The maximum absolute atomic E-state index is 13.0. The zero-order valence-electron chi connectivity index (χ0n) is 9.05. The molecule has 94 valence electrons. The van der Waals surface area contributed by atoms with Crippen molar-refractivity contribution < 1.29 is 4.39 Å². The van der Waals surface area contributed by atoms with Crippen molar-refractivity contribution in [3.63, 3.8) is 0 Å². The summed E-state index contributed by atoms with van der Waals surface area (Å²) >= 11 is 11.8. The zero-order valence-corrected chi connectivity index (χ0v) is 10.6. The van der Waals surface area contributed by atoms with E-state index >= 15 is 0 Å². The summed E-state index contributed by atoms with van der Waals surface area (Å²) in [6, 6.07) is 5.73. The first-order chi connectivity index (χ1) is 8.60. The van der Waals surface area contributed by atoms with Gasteiger partial charge in [0.1, 0.15) is 11.6 Å². The van der Waals surface area contributed by atoms with Gasteiger partial charge in [0.15, 0.2) is 0 Å². The number of hydrogen-bond acceptors (Lipinski definition) is 4. The highest BCUT2D eigenvalue weighted by Crippen LogP contribution is 2.33. The van der Waals surface area contributed by atoms with Crippen molar-refractivity contribution in [1.82, 2.24) is 4.98 Å². The Hall–Kier alpha value is -1.56. The number of anilines is 3. The van der Waals surface area contributed by atoms with Crippen LogP contribution in [-0.4, -0.2) is 4.98 Å². The number of hydrazine groups is 1. The molecule has 0 amide bonds. The average molecular weight is 287 g/mol. The summed E-state index contributed by atoms with van der Waals surface area (Å²) in [5, 5.41) is 3.36. The third-order valence-electron chi connectivity index (χ3n) is 2.18. The number of nitrogens with two attached hydrogens (primary N) is 1. The number of pyridine rings is 1. The lowest BCUT2D eigenvalue weighted by molar-refractivity contribution is 0.628. The molecule has 4 nitrogen and oxygen atoms in total. The average Bonchev–Trinajstić information content (AvgIpc) is 2.34. The lowest BCUT2D eigenvalue weighted by Crippen LogP contribution is -2.08. The normalized spacial score (nSPS) is 10.2. The smallest absolute Gasteiger partial charge is 0.141 e. The highest BCUT2D eigenvalue weighted by molar-refractivity contribution is 6.39. The van der Waals surface area contributed by atoms with Crippen LogP contribution < -0.4 is 16.6 Å². The second-order valence-electron chi connectivity index (χ2n) is 3.44. The number of hydrogen-bond donors (Lipinski definition) is 3. The van der Waals surface area contributed by atoms with Crippen LogP contribution in [0.15, 0.2) is 30.5 Å². The zero-order chi connectivity index (χ0) is 13.1. The fraction of sp³-hybridized carbons (Fsp3) is 0. The van der Waals surface area contributed by atoms with Gasteiger partial charge in [-0.1, -0.05) is 23.2 Å². The highest BCUT2D eigenvalue weighted by atomic mass is 35.5. The van der Waals surface area contributed by atoms with Crippen LogP contribution in [0.1, 0.15) is 0 Å². The van der Waals surface area contributed by atoms with E-state index in [0.29, 0.717) is 17.2 Å². The number of benzene rings is 1. The Morgan fingerprint density at radius 3 is 2.44 bits per heavy atom. The van der Waals surface area contributed by atoms with Gasteiger partial charge in [0, 0.05) is 18.0 Å². The first kappa shape index (κ1) is 12.9. The number of halogens is 3. The van der Waals surface area contributed by atoms with Crippen molar-refractivity contribution >= 4 is 40.4 Å². The van der Waals surface area contributed by atoms with E-state index in [4.69, 9.17) is 29.0 Å². The Kier molecular flexibility index (Phi) is 3.86. The molecule has 1 aromatic heterocycles. The molecule has 4 N–H and O–H groups in total. The van der Waals surface area contributed by atoms with Gasteiger partial charge in [0.25, 0.3) is 0 Å². The summed E-state index contributed by atoms with van der Waals surface area (Å²) in [5.74, 6) is 5.24. The van der Waals surface area contributed by atoms with Crippen LogP contribution in [0.4, 0.5) is 21.6 Å². The predicted octanol–water partition coefficient (Wildman–Crippen LogP) is 3.56. The minimum absolute atomic E-state index is 0.194.